The average molecular weight is 334 g/mol. The predicted molar refractivity (Wildman–Crippen MR) is 79.4 cm³/mol. The monoisotopic (exact) mass is 334 g/mol. The zero-order chi connectivity index (χ0) is 15.7. The van der Waals surface area contributed by atoms with Gasteiger partial charge in [-0.1, -0.05) is 0 Å². The van der Waals surface area contributed by atoms with Gasteiger partial charge in [-0.15, -0.1) is 0 Å². The fourth-order valence-electron chi connectivity index (χ4n) is 2.11. The molecule has 1 fully saturated rings. The first-order chi connectivity index (χ1) is 9.75. The minimum absolute atomic E-state index is 0.145. The van der Waals surface area contributed by atoms with Crippen LogP contribution in [0.15, 0.2) is 29.2 Å². The molecule has 0 radical (unpaired) electrons. The third kappa shape index (κ3) is 3.52. The molecule has 1 saturated heterocycles. The van der Waals surface area contributed by atoms with Crippen molar-refractivity contribution in [2.45, 2.75) is 4.90 Å². The first kappa shape index (κ1) is 16.2. The van der Waals surface area contributed by atoms with Gasteiger partial charge >= 0.3 is 0 Å². The second kappa shape index (κ2) is 5.89. The molecule has 1 aromatic carbocycles. The number of nitrogens with one attached hydrogen (secondary N) is 1. The fourth-order valence-corrected chi connectivity index (χ4v) is 4.36. The molecule has 10 heteroatoms. The molecule has 0 atom stereocenters. The molecule has 1 aliphatic heterocycles. The molecular weight excluding hydrogens is 316 g/mol. The van der Waals surface area contributed by atoms with Crippen molar-refractivity contribution < 1.29 is 16.8 Å². The van der Waals surface area contributed by atoms with Gasteiger partial charge in [-0.05, 0) is 24.3 Å². The number of anilines is 1. The molecule has 0 bridgehead atoms. The molecule has 8 nitrogen and oxygen atoms in total. The standard InChI is InChI=1S/C11H18N4O4S2/c1-20(16,17)14-6-8-15(9-7-14)21(18,19)11-4-2-10(13-12)3-5-11/h2-5,13H,6-9,12H2,1H3. The van der Waals surface area contributed by atoms with Crippen molar-refractivity contribution >= 4 is 25.7 Å². The lowest BCUT2D eigenvalue weighted by atomic mass is 10.3. The Kier molecular flexibility index (Phi) is 4.54. The summed E-state index contributed by atoms with van der Waals surface area (Å²) in [4.78, 5) is 0.161. The van der Waals surface area contributed by atoms with Crippen molar-refractivity contribution in [2.24, 2.45) is 5.84 Å². The predicted octanol–water partition coefficient (Wildman–Crippen LogP) is -0.762. The Bertz CT molecular complexity index is 692. The summed E-state index contributed by atoms with van der Waals surface area (Å²) >= 11 is 0. The molecule has 0 saturated carbocycles. The number of piperazine rings is 1. The number of sulfonamides is 2. The Hall–Kier alpha value is -1.20. The topological polar surface area (TPSA) is 113 Å². The minimum atomic E-state index is -3.61. The van der Waals surface area contributed by atoms with Crippen LogP contribution in [0.3, 0.4) is 0 Å². The number of nitrogens with two attached hydrogens (primary N) is 1. The molecule has 1 aliphatic rings. The molecule has 118 valence electrons. The van der Waals surface area contributed by atoms with Crippen LogP contribution >= 0.6 is 0 Å². The van der Waals surface area contributed by atoms with Gasteiger partial charge in [0, 0.05) is 31.9 Å². The Morgan fingerprint density at radius 1 is 0.952 bits per heavy atom. The van der Waals surface area contributed by atoms with Gasteiger partial charge in [0.15, 0.2) is 0 Å². The Morgan fingerprint density at radius 3 is 1.86 bits per heavy atom. The second-order valence-electron chi connectivity index (χ2n) is 4.73. The van der Waals surface area contributed by atoms with E-state index in [1.54, 1.807) is 12.1 Å². The normalized spacial score (nSPS) is 18.6. The third-order valence-electron chi connectivity index (χ3n) is 3.33. The molecule has 2 rings (SSSR count). The van der Waals surface area contributed by atoms with Crippen LogP contribution in [0, 0.1) is 0 Å². The lowest BCUT2D eigenvalue weighted by Gasteiger charge is -2.32. The van der Waals surface area contributed by atoms with E-state index in [1.165, 1.54) is 20.7 Å². The molecular formula is C11H18N4O4S2. The number of rotatable bonds is 4. The van der Waals surface area contributed by atoms with Crippen LogP contribution < -0.4 is 11.3 Å². The van der Waals surface area contributed by atoms with E-state index < -0.39 is 20.0 Å². The summed E-state index contributed by atoms with van der Waals surface area (Å²) < 4.78 is 50.3. The van der Waals surface area contributed by atoms with E-state index in [2.05, 4.69) is 5.43 Å². The Morgan fingerprint density at radius 2 is 1.43 bits per heavy atom. The van der Waals surface area contributed by atoms with Crippen molar-refractivity contribution in [1.82, 2.24) is 8.61 Å². The van der Waals surface area contributed by atoms with Crippen LogP contribution in [-0.4, -0.2) is 57.9 Å². The van der Waals surface area contributed by atoms with Crippen molar-refractivity contribution in [1.29, 1.82) is 0 Å². The van der Waals surface area contributed by atoms with E-state index in [1.807, 2.05) is 0 Å². The van der Waals surface area contributed by atoms with Gasteiger partial charge in [-0.2, -0.15) is 8.61 Å². The number of nitrogens with zero attached hydrogens (tertiary/aromatic N) is 2. The summed E-state index contributed by atoms with van der Waals surface area (Å²) in [5.74, 6) is 5.24. The highest BCUT2D eigenvalue weighted by atomic mass is 32.2. The Balaban J connectivity index is 2.14. The zero-order valence-corrected chi connectivity index (χ0v) is 13.2. The maximum Gasteiger partial charge on any atom is 0.243 e. The SMILES string of the molecule is CS(=O)(=O)N1CCN(S(=O)(=O)c2ccc(NN)cc2)CC1. The number of hydrogen-bond donors (Lipinski definition) is 2. The third-order valence-corrected chi connectivity index (χ3v) is 6.54. The molecule has 1 aromatic rings. The van der Waals surface area contributed by atoms with Crippen LogP contribution in [-0.2, 0) is 20.0 Å². The smallest absolute Gasteiger partial charge is 0.243 e. The fraction of sp³-hybridized carbons (Fsp3) is 0.455. The summed E-state index contributed by atoms with van der Waals surface area (Å²) in [7, 11) is -6.89. The summed E-state index contributed by atoms with van der Waals surface area (Å²) in [6, 6.07) is 6.07. The summed E-state index contributed by atoms with van der Waals surface area (Å²) in [5.41, 5.74) is 3.03. The summed E-state index contributed by atoms with van der Waals surface area (Å²) in [6.45, 7) is 0.625. The number of hydrogen-bond acceptors (Lipinski definition) is 6. The van der Waals surface area contributed by atoms with E-state index in [-0.39, 0.29) is 31.1 Å². The van der Waals surface area contributed by atoms with Crippen LogP contribution in [0.5, 0.6) is 0 Å². The molecule has 0 amide bonds. The average Bonchev–Trinajstić information content (AvgIpc) is 2.46. The highest BCUT2D eigenvalue weighted by Gasteiger charge is 2.31. The lowest BCUT2D eigenvalue weighted by molar-refractivity contribution is 0.274. The van der Waals surface area contributed by atoms with Crippen molar-refractivity contribution in [2.75, 3.05) is 37.9 Å². The van der Waals surface area contributed by atoms with E-state index in [0.29, 0.717) is 5.69 Å². The van der Waals surface area contributed by atoms with Gasteiger partial charge < -0.3 is 5.43 Å². The first-order valence-electron chi connectivity index (χ1n) is 6.27. The van der Waals surface area contributed by atoms with Gasteiger partial charge in [-0.25, -0.2) is 16.8 Å². The van der Waals surface area contributed by atoms with Crippen LogP contribution in [0.1, 0.15) is 0 Å². The first-order valence-corrected chi connectivity index (χ1v) is 9.56. The molecule has 3 N–H and O–H groups in total. The number of benzene rings is 1. The van der Waals surface area contributed by atoms with E-state index in [0.717, 1.165) is 6.26 Å². The van der Waals surface area contributed by atoms with Crippen LogP contribution in [0.4, 0.5) is 5.69 Å². The van der Waals surface area contributed by atoms with E-state index in [9.17, 15) is 16.8 Å². The zero-order valence-electron chi connectivity index (χ0n) is 11.6. The van der Waals surface area contributed by atoms with Gasteiger partial charge in [0.05, 0.1) is 11.2 Å². The summed E-state index contributed by atoms with van der Waals surface area (Å²) in [5, 5.41) is 0. The highest BCUT2D eigenvalue weighted by Crippen LogP contribution is 2.20. The minimum Gasteiger partial charge on any atom is -0.324 e. The quantitative estimate of drug-likeness (QED) is 0.553. The molecule has 1 heterocycles. The second-order valence-corrected chi connectivity index (χ2v) is 8.66. The Labute approximate surface area is 124 Å². The van der Waals surface area contributed by atoms with Crippen molar-refractivity contribution in [3.63, 3.8) is 0 Å². The molecule has 0 spiro atoms. The highest BCUT2D eigenvalue weighted by molar-refractivity contribution is 7.89. The van der Waals surface area contributed by atoms with Gasteiger partial charge in [0.2, 0.25) is 20.0 Å². The van der Waals surface area contributed by atoms with Crippen LogP contribution in [0.2, 0.25) is 0 Å². The van der Waals surface area contributed by atoms with Crippen molar-refractivity contribution in [3.05, 3.63) is 24.3 Å². The molecule has 21 heavy (non-hydrogen) atoms. The summed E-state index contributed by atoms with van der Waals surface area (Å²) in [6.07, 6.45) is 1.12. The largest absolute Gasteiger partial charge is 0.324 e. The van der Waals surface area contributed by atoms with Crippen LogP contribution in [0.25, 0.3) is 0 Å². The maximum atomic E-state index is 12.4. The maximum absolute atomic E-state index is 12.4. The van der Waals surface area contributed by atoms with Gasteiger partial charge in [0.25, 0.3) is 0 Å². The molecule has 0 aliphatic carbocycles. The number of hydrazine groups is 1. The molecule has 0 unspecified atom stereocenters. The van der Waals surface area contributed by atoms with E-state index in [4.69, 9.17) is 5.84 Å². The van der Waals surface area contributed by atoms with Gasteiger partial charge in [0.1, 0.15) is 0 Å². The number of nitrogen functional groups attached to an aromatic ring is 1. The lowest BCUT2D eigenvalue weighted by Crippen LogP contribution is -2.50. The molecule has 0 aromatic heterocycles. The van der Waals surface area contributed by atoms with E-state index >= 15 is 0 Å². The van der Waals surface area contributed by atoms with Crippen molar-refractivity contribution in [3.8, 4) is 0 Å². The van der Waals surface area contributed by atoms with Gasteiger partial charge in [-0.3, -0.25) is 5.84 Å².